The molecule has 0 radical (unpaired) electrons. The topological polar surface area (TPSA) is 86.8 Å². The predicted molar refractivity (Wildman–Crippen MR) is 192 cm³/mol. The molecule has 48 heavy (non-hydrogen) atoms. The van der Waals surface area contributed by atoms with Crippen LogP contribution >= 0.6 is 0 Å². The number of hydrogen-bond donors (Lipinski definition) is 1. The summed E-state index contributed by atoms with van der Waals surface area (Å²) >= 11 is 0. The van der Waals surface area contributed by atoms with Gasteiger partial charge in [-0.05, 0) is 68.0 Å². The number of benzene rings is 4. The maximum absolute atomic E-state index is 14.8. The lowest BCUT2D eigenvalue weighted by atomic mass is 9.94. The van der Waals surface area contributed by atoms with Crippen LogP contribution in [0.2, 0.25) is 0 Å². The molecule has 4 aromatic carbocycles. The summed E-state index contributed by atoms with van der Waals surface area (Å²) in [6.07, 6.45) is 5.97. The number of nitrogens with zero attached hydrogens (tertiary/aromatic N) is 2. The van der Waals surface area contributed by atoms with Crippen LogP contribution in [0.25, 0.3) is 0 Å². The smallest absolute Gasteiger partial charge is 0.264 e. The number of amides is 2. The van der Waals surface area contributed by atoms with Crippen molar-refractivity contribution in [1.82, 2.24) is 10.2 Å². The van der Waals surface area contributed by atoms with E-state index in [2.05, 4.69) is 5.32 Å². The maximum Gasteiger partial charge on any atom is 0.264 e. The highest BCUT2D eigenvalue weighted by Gasteiger charge is 2.36. The molecule has 1 fully saturated rings. The summed E-state index contributed by atoms with van der Waals surface area (Å²) in [7, 11) is -4.15. The lowest BCUT2D eigenvalue weighted by molar-refractivity contribution is -0.140. The molecule has 0 aliphatic heterocycles. The van der Waals surface area contributed by atoms with Crippen molar-refractivity contribution < 1.29 is 18.0 Å². The number of aryl methyl sites for hydroxylation is 3. The molecule has 5 rings (SSSR count). The van der Waals surface area contributed by atoms with Gasteiger partial charge < -0.3 is 10.2 Å². The van der Waals surface area contributed by atoms with Crippen LogP contribution in [0.5, 0.6) is 0 Å². The molecule has 0 spiro atoms. The van der Waals surface area contributed by atoms with Gasteiger partial charge in [-0.25, -0.2) is 8.42 Å². The summed E-state index contributed by atoms with van der Waals surface area (Å²) in [6.45, 7) is 5.57. The molecule has 252 valence electrons. The molecule has 1 atom stereocenters. The van der Waals surface area contributed by atoms with E-state index in [0.29, 0.717) is 18.5 Å². The first-order valence-electron chi connectivity index (χ1n) is 17.0. The summed E-state index contributed by atoms with van der Waals surface area (Å²) in [5.41, 5.74) is 5.06. The zero-order valence-electron chi connectivity index (χ0n) is 28.3. The van der Waals surface area contributed by atoms with Crippen LogP contribution in [0.3, 0.4) is 0 Å². The molecule has 2 amide bonds. The molecule has 1 aliphatic rings. The minimum atomic E-state index is -4.15. The molecular weight excluding hydrogens is 619 g/mol. The predicted octanol–water partition coefficient (Wildman–Crippen LogP) is 7.15. The molecule has 1 N–H and O–H groups in total. The van der Waals surface area contributed by atoms with Gasteiger partial charge in [-0.15, -0.1) is 0 Å². The molecule has 1 saturated carbocycles. The number of carbonyl (C=O) groups excluding carboxylic acids is 2. The number of para-hydroxylation sites is 1. The van der Waals surface area contributed by atoms with E-state index >= 15 is 0 Å². The number of rotatable bonds is 13. The van der Waals surface area contributed by atoms with Crippen LogP contribution in [0, 0.1) is 13.8 Å². The zero-order valence-corrected chi connectivity index (χ0v) is 29.1. The Morgan fingerprint density at radius 3 is 2.02 bits per heavy atom. The van der Waals surface area contributed by atoms with Gasteiger partial charge in [0.25, 0.3) is 10.0 Å². The third-order valence-electron chi connectivity index (χ3n) is 9.23. The van der Waals surface area contributed by atoms with Crippen LogP contribution in [0.1, 0.15) is 66.8 Å². The van der Waals surface area contributed by atoms with Gasteiger partial charge >= 0.3 is 0 Å². The number of nitrogens with one attached hydrogen (secondary N) is 1. The van der Waals surface area contributed by atoms with E-state index in [1.165, 1.54) is 4.31 Å². The van der Waals surface area contributed by atoms with E-state index in [-0.39, 0.29) is 23.4 Å². The van der Waals surface area contributed by atoms with Gasteiger partial charge in [0.05, 0.1) is 10.6 Å². The first kappa shape index (κ1) is 34.9. The maximum atomic E-state index is 14.8. The van der Waals surface area contributed by atoms with Crippen molar-refractivity contribution in [3.05, 3.63) is 131 Å². The standard InChI is InChI=1S/C40H47N3O4S/c1-4-34-15-11-12-18-37(34)43(48(46,47)36-25-21-31(3)22-26-36)29-39(44)42(28-33-23-19-30(2)20-24-33)38(27-32-13-7-5-8-14-32)40(45)41-35-16-9-6-10-17-35/h5,7-8,11-15,18-26,35,38H,4,6,9-10,16-17,27-29H2,1-3H3,(H,41,45)/t38-/m0/s1. The SMILES string of the molecule is CCc1ccccc1N(CC(=O)N(Cc1ccc(C)cc1)[C@@H](Cc1ccccc1)C(=O)NC1CCCCC1)S(=O)(=O)c1ccc(C)cc1. The summed E-state index contributed by atoms with van der Waals surface area (Å²) in [4.78, 5) is 30.8. The van der Waals surface area contributed by atoms with Gasteiger partial charge in [-0.3, -0.25) is 13.9 Å². The number of sulfonamides is 1. The fourth-order valence-electron chi connectivity index (χ4n) is 6.39. The van der Waals surface area contributed by atoms with Crippen LogP contribution in [0.15, 0.2) is 108 Å². The fourth-order valence-corrected chi connectivity index (χ4v) is 7.84. The summed E-state index contributed by atoms with van der Waals surface area (Å²) in [5, 5.41) is 3.27. The second kappa shape index (κ2) is 16.1. The molecule has 7 nitrogen and oxygen atoms in total. The molecule has 1 aliphatic carbocycles. The van der Waals surface area contributed by atoms with Crippen molar-refractivity contribution in [3.8, 4) is 0 Å². The number of carbonyl (C=O) groups is 2. The summed E-state index contributed by atoms with van der Waals surface area (Å²) in [5.74, 6) is -0.662. The number of hydrogen-bond acceptors (Lipinski definition) is 4. The van der Waals surface area contributed by atoms with E-state index in [4.69, 9.17) is 0 Å². The quantitative estimate of drug-likeness (QED) is 0.164. The Balaban J connectivity index is 1.58. The molecule has 0 bridgehead atoms. The Morgan fingerprint density at radius 1 is 0.771 bits per heavy atom. The van der Waals surface area contributed by atoms with Gasteiger partial charge in [0.1, 0.15) is 12.6 Å². The van der Waals surface area contributed by atoms with Crippen molar-refractivity contribution in [1.29, 1.82) is 0 Å². The molecule has 0 saturated heterocycles. The highest BCUT2D eigenvalue weighted by atomic mass is 32.2. The van der Waals surface area contributed by atoms with Crippen LogP contribution in [-0.4, -0.2) is 43.8 Å². The van der Waals surface area contributed by atoms with E-state index in [1.54, 1.807) is 41.3 Å². The monoisotopic (exact) mass is 665 g/mol. The van der Waals surface area contributed by atoms with Gasteiger partial charge in [0, 0.05) is 19.0 Å². The Kier molecular flexibility index (Phi) is 11.7. The average Bonchev–Trinajstić information content (AvgIpc) is 3.10. The molecule has 8 heteroatoms. The Labute approximate surface area is 286 Å². The normalized spacial score (nSPS) is 14.2. The van der Waals surface area contributed by atoms with Crippen LogP contribution in [0.4, 0.5) is 5.69 Å². The van der Waals surface area contributed by atoms with E-state index in [0.717, 1.165) is 59.9 Å². The fraction of sp³-hybridized carbons (Fsp3) is 0.350. The van der Waals surface area contributed by atoms with Crippen molar-refractivity contribution >= 4 is 27.5 Å². The van der Waals surface area contributed by atoms with Gasteiger partial charge in [-0.2, -0.15) is 0 Å². The van der Waals surface area contributed by atoms with Gasteiger partial charge in [-0.1, -0.05) is 122 Å². The Hall–Kier alpha value is -4.43. The lowest BCUT2D eigenvalue weighted by Gasteiger charge is -2.35. The van der Waals surface area contributed by atoms with Crippen molar-refractivity contribution in [3.63, 3.8) is 0 Å². The van der Waals surface area contributed by atoms with Crippen molar-refractivity contribution in [2.75, 3.05) is 10.8 Å². The van der Waals surface area contributed by atoms with E-state index in [9.17, 15) is 18.0 Å². The lowest BCUT2D eigenvalue weighted by Crippen LogP contribution is -2.55. The summed E-state index contributed by atoms with van der Waals surface area (Å²) in [6, 6.07) is 30.8. The first-order chi connectivity index (χ1) is 23.2. The highest BCUT2D eigenvalue weighted by molar-refractivity contribution is 7.92. The number of anilines is 1. The van der Waals surface area contributed by atoms with Crippen molar-refractivity contribution in [2.45, 2.75) is 89.2 Å². The van der Waals surface area contributed by atoms with Crippen molar-refractivity contribution in [2.24, 2.45) is 0 Å². The van der Waals surface area contributed by atoms with Gasteiger partial charge in [0.2, 0.25) is 11.8 Å². The van der Waals surface area contributed by atoms with Crippen LogP contribution in [-0.2, 0) is 39.0 Å². The highest BCUT2D eigenvalue weighted by Crippen LogP contribution is 2.29. The third kappa shape index (κ3) is 8.72. The largest absolute Gasteiger partial charge is 0.352 e. The van der Waals surface area contributed by atoms with E-state index < -0.39 is 28.5 Å². The molecule has 0 heterocycles. The minimum Gasteiger partial charge on any atom is -0.352 e. The Bertz CT molecular complexity index is 1770. The van der Waals surface area contributed by atoms with E-state index in [1.807, 2.05) is 87.5 Å². The average molecular weight is 666 g/mol. The first-order valence-corrected chi connectivity index (χ1v) is 18.5. The Morgan fingerprint density at radius 2 is 1.38 bits per heavy atom. The molecule has 0 unspecified atom stereocenters. The second-order valence-corrected chi connectivity index (χ2v) is 14.7. The second-order valence-electron chi connectivity index (χ2n) is 12.9. The van der Waals surface area contributed by atoms with Crippen LogP contribution < -0.4 is 9.62 Å². The molecule has 0 aromatic heterocycles. The zero-order chi connectivity index (χ0) is 34.1. The molecule has 4 aromatic rings. The third-order valence-corrected chi connectivity index (χ3v) is 11.0. The molecular formula is C40H47N3O4S. The minimum absolute atomic E-state index is 0.0516. The summed E-state index contributed by atoms with van der Waals surface area (Å²) < 4.78 is 30.0. The van der Waals surface area contributed by atoms with Gasteiger partial charge in [0.15, 0.2) is 0 Å².